The van der Waals surface area contributed by atoms with Crippen LogP contribution in [0.5, 0.6) is 0 Å². The van der Waals surface area contributed by atoms with Gasteiger partial charge in [-0.2, -0.15) is 0 Å². The molecule has 0 aliphatic carbocycles. The topological polar surface area (TPSA) is 99.8 Å². The fourth-order valence-electron chi connectivity index (χ4n) is 3.04. The summed E-state index contributed by atoms with van der Waals surface area (Å²) in [6.07, 6.45) is -0.301. The Morgan fingerprint density at radius 3 is 2.10 bits per heavy atom. The standard InChI is InChI=1S/C21H24N4O4/c1-15(26)22-16-6-8-17(9-7-16)23-20(27)14-21(28)24-18-4-2-3-5-19(18)25-10-12-29-13-11-25/h2-9H,10-14H2,1H3,(H,22,26)(H,23,27)(H,24,28). The summed E-state index contributed by atoms with van der Waals surface area (Å²) >= 11 is 0. The van der Waals surface area contributed by atoms with Gasteiger partial charge in [0.15, 0.2) is 0 Å². The summed E-state index contributed by atoms with van der Waals surface area (Å²) in [5.74, 6) is -0.979. The van der Waals surface area contributed by atoms with E-state index in [4.69, 9.17) is 4.74 Å². The fraction of sp³-hybridized carbons (Fsp3) is 0.286. The molecular weight excluding hydrogens is 372 g/mol. The van der Waals surface area contributed by atoms with E-state index < -0.39 is 11.8 Å². The fourth-order valence-corrected chi connectivity index (χ4v) is 3.04. The van der Waals surface area contributed by atoms with E-state index in [1.165, 1.54) is 6.92 Å². The van der Waals surface area contributed by atoms with Crippen molar-refractivity contribution >= 4 is 40.5 Å². The van der Waals surface area contributed by atoms with Gasteiger partial charge >= 0.3 is 0 Å². The normalized spacial score (nSPS) is 13.5. The third-order valence-corrected chi connectivity index (χ3v) is 4.34. The lowest BCUT2D eigenvalue weighted by molar-refractivity contribution is -0.123. The Bertz CT molecular complexity index is 877. The van der Waals surface area contributed by atoms with Gasteiger partial charge in [0.25, 0.3) is 0 Å². The first kappa shape index (κ1) is 20.3. The van der Waals surface area contributed by atoms with Crippen molar-refractivity contribution in [3.05, 3.63) is 48.5 Å². The van der Waals surface area contributed by atoms with E-state index >= 15 is 0 Å². The molecule has 8 heteroatoms. The SMILES string of the molecule is CC(=O)Nc1ccc(NC(=O)CC(=O)Nc2ccccc2N2CCOCC2)cc1. The third kappa shape index (κ3) is 6.05. The quantitative estimate of drug-likeness (QED) is 0.652. The number of anilines is 4. The van der Waals surface area contributed by atoms with Crippen LogP contribution in [0.25, 0.3) is 0 Å². The molecule has 152 valence electrons. The predicted molar refractivity (Wildman–Crippen MR) is 112 cm³/mol. The minimum Gasteiger partial charge on any atom is -0.378 e. The number of benzene rings is 2. The lowest BCUT2D eigenvalue weighted by Crippen LogP contribution is -2.36. The zero-order valence-corrected chi connectivity index (χ0v) is 16.2. The summed E-state index contributed by atoms with van der Waals surface area (Å²) in [7, 11) is 0. The van der Waals surface area contributed by atoms with Crippen LogP contribution in [-0.2, 0) is 19.1 Å². The molecule has 1 aliphatic rings. The summed E-state index contributed by atoms with van der Waals surface area (Å²) in [6, 6.07) is 14.2. The maximum atomic E-state index is 12.4. The van der Waals surface area contributed by atoms with Crippen LogP contribution in [-0.4, -0.2) is 44.0 Å². The van der Waals surface area contributed by atoms with E-state index in [9.17, 15) is 14.4 Å². The molecule has 3 amide bonds. The summed E-state index contributed by atoms with van der Waals surface area (Å²) in [6.45, 7) is 4.21. The molecule has 0 saturated carbocycles. The maximum Gasteiger partial charge on any atom is 0.233 e. The molecule has 0 spiro atoms. The lowest BCUT2D eigenvalue weighted by Gasteiger charge is -2.30. The number of morpholine rings is 1. The van der Waals surface area contributed by atoms with Gasteiger partial charge in [-0.1, -0.05) is 12.1 Å². The van der Waals surface area contributed by atoms with Crippen LogP contribution in [0.4, 0.5) is 22.7 Å². The van der Waals surface area contributed by atoms with Crippen molar-refractivity contribution in [1.29, 1.82) is 0 Å². The number of ether oxygens (including phenoxy) is 1. The third-order valence-electron chi connectivity index (χ3n) is 4.34. The first-order valence-corrected chi connectivity index (χ1v) is 9.40. The van der Waals surface area contributed by atoms with E-state index in [0.717, 1.165) is 18.8 Å². The first-order chi connectivity index (χ1) is 14.0. The smallest absolute Gasteiger partial charge is 0.233 e. The molecule has 2 aromatic carbocycles. The Morgan fingerprint density at radius 2 is 1.45 bits per heavy atom. The second-order valence-corrected chi connectivity index (χ2v) is 6.65. The van der Waals surface area contributed by atoms with Gasteiger partial charge in [0.05, 0.1) is 24.6 Å². The van der Waals surface area contributed by atoms with Gasteiger partial charge in [0.2, 0.25) is 17.7 Å². The van der Waals surface area contributed by atoms with Crippen molar-refractivity contribution in [1.82, 2.24) is 0 Å². The average molecular weight is 396 g/mol. The number of carbonyl (C=O) groups is 3. The van der Waals surface area contributed by atoms with E-state index in [-0.39, 0.29) is 12.3 Å². The molecule has 0 aromatic heterocycles. The van der Waals surface area contributed by atoms with Gasteiger partial charge in [-0.15, -0.1) is 0 Å². The Kier molecular flexibility index (Phi) is 6.80. The Labute approximate surface area is 169 Å². The zero-order chi connectivity index (χ0) is 20.6. The summed E-state index contributed by atoms with van der Waals surface area (Å²) < 4.78 is 5.38. The summed E-state index contributed by atoms with van der Waals surface area (Å²) in [4.78, 5) is 37.7. The molecule has 1 fully saturated rings. The molecule has 0 bridgehead atoms. The molecule has 2 aromatic rings. The van der Waals surface area contributed by atoms with Crippen LogP contribution < -0.4 is 20.9 Å². The Balaban J connectivity index is 1.55. The highest BCUT2D eigenvalue weighted by atomic mass is 16.5. The number of carbonyl (C=O) groups excluding carboxylic acids is 3. The molecule has 8 nitrogen and oxygen atoms in total. The second-order valence-electron chi connectivity index (χ2n) is 6.65. The molecule has 29 heavy (non-hydrogen) atoms. The number of nitrogens with zero attached hydrogens (tertiary/aromatic N) is 1. The Morgan fingerprint density at radius 1 is 0.862 bits per heavy atom. The van der Waals surface area contributed by atoms with Crippen molar-refractivity contribution in [2.24, 2.45) is 0 Å². The van der Waals surface area contributed by atoms with Gasteiger partial charge < -0.3 is 25.6 Å². The van der Waals surface area contributed by atoms with Crippen molar-refractivity contribution in [2.45, 2.75) is 13.3 Å². The Hall–Kier alpha value is -3.39. The molecule has 0 radical (unpaired) electrons. The van der Waals surface area contributed by atoms with E-state index in [2.05, 4.69) is 20.9 Å². The second kappa shape index (κ2) is 9.70. The molecule has 1 heterocycles. The molecule has 1 saturated heterocycles. The number of nitrogens with one attached hydrogen (secondary N) is 3. The molecule has 3 rings (SSSR count). The molecule has 0 unspecified atom stereocenters. The highest BCUT2D eigenvalue weighted by molar-refractivity contribution is 6.09. The lowest BCUT2D eigenvalue weighted by atomic mass is 10.2. The largest absolute Gasteiger partial charge is 0.378 e. The van der Waals surface area contributed by atoms with E-state index in [1.54, 1.807) is 24.3 Å². The van der Waals surface area contributed by atoms with E-state index in [1.807, 2.05) is 24.3 Å². The van der Waals surface area contributed by atoms with Crippen molar-refractivity contribution in [3.8, 4) is 0 Å². The van der Waals surface area contributed by atoms with Gasteiger partial charge in [0.1, 0.15) is 6.42 Å². The first-order valence-electron chi connectivity index (χ1n) is 9.40. The number of hydrogen-bond donors (Lipinski definition) is 3. The van der Waals surface area contributed by atoms with Crippen molar-refractivity contribution < 1.29 is 19.1 Å². The number of amides is 3. The van der Waals surface area contributed by atoms with Gasteiger partial charge in [-0.05, 0) is 36.4 Å². The maximum absolute atomic E-state index is 12.4. The van der Waals surface area contributed by atoms with Crippen LogP contribution in [0.3, 0.4) is 0 Å². The molecule has 1 aliphatic heterocycles. The van der Waals surface area contributed by atoms with Crippen molar-refractivity contribution in [3.63, 3.8) is 0 Å². The van der Waals surface area contributed by atoms with Gasteiger partial charge in [-0.25, -0.2) is 0 Å². The predicted octanol–water partition coefficient (Wildman–Crippen LogP) is 2.45. The summed E-state index contributed by atoms with van der Waals surface area (Å²) in [5, 5.41) is 8.15. The van der Waals surface area contributed by atoms with E-state index in [0.29, 0.717) is 30.3 Å². The van der Waals surface area contributed by atoms with Gasteiger partial charge in [0, 0.05) is 31.4 Å². The molecule has 0 atom stereocenters. The number of rotatable bonds is 6. The molecule has 3 N–H and O–H groups in total. The van der Waals surface area contributed by atoms with Crippen LogP contribution >= 0.6 is 0 Å². The highest BCUT2D eigenvalue weighted by Gasteiger charge is 2.17. The minimum absolute atomic E-state index is 0.171. The minimum atomic E-state index is -0.418. The van der Waals surface area contributed by atoms with Crippen LogP contribution in [0.15, 0.2) is 48.5 Å². The van der Waals surface area contributed by atoms with Crippen LogP contribution in [0, 0.1) is 0 Å². The number of para-hydroxylation sites is 2. The monoisotopic (exact) mass is 396 g/mol. The van der Waals surface area contributed by atoms with Gasteiger partial charge in [-0.3, -0.25) is 14.4 Å². The van der Waals surface area contributed by atoms with Crippen LogP contribution in [0.2, 0.25) is 0 Å². The van der Waals surface area contributed by atoms with Crippen molar-refractivity contribution in [2.75, 3.05) is 47.2 Å². The van der Waals surface area contributed by atoms with Crippen LogP contribution in [0.1, 0.15) is 13.3 Å². The average Bonchev–Trinajstić information content (AvgIpc) is 2.70. The zero-order valence-electron chi connectivity index (χ0n) is 16.2. The molecular formula is C21H24N4O4. The highest BCUT2D eigenvalue weighted by Crippen LogP contribution is 2.26. The number of hydrogen-bond acceptors (Lipinski definition) is 5. The summed E-state index contributed by atoms with van der Waals surface area (Å²) in [5.41, 5.74) is 2.77.